The second-order valence-corrected chi connectivity index (χ2v) is 5.75. The first-order valence-corrected chi connectivity index (χ1v) is 7.62. The largest absolute Gasteiger partial charge is 0.345 e. The monoisotopic (exact) mass is 365 g/mol. The Balaban J connectivity index is 1.92. The van der Waals surface area contributed by atoms with Gasteiger partial charge in [0.15, 0.2) is 23.3 Å². The lowest BCUT2D eigenvalue weighted by molar-refractivity contribution is 0.0928. The van der Waals surface area contributed by atoms with Crippen molar-refractivity contribution in [1.29, 1.82) is 0 Å². The lowest BCUT2D eigenvalue weighted by Crippen LogP contribution is -2.29. The van der Waals surface area contributed by atoms with Gasteiger partial charge in [0.25, 0.3) is 5.91 Å². The summed E-state index contributed by atoms with van der Waals surface area (Å²) in [6.07, 6.45) is 0. The Kier molecular flexibility index (Phi) is 4.63. The van der Waals surface area contributed by atoms with Gasteiger partial charge in [-0.1, -0.05) is 36.4 Å². The molecule has 1 atom stereocenters. The van der Waals surface area contributed by atoms with Gasteiger partial charge < -0.3 is 5.32 Å². The lowest BCUT2D eigenvalue weighted by Gasteiger charge is -2.16. The van der Waals surface area contributed by atoms with Gasteiger partial charge in [-0.15, -0.1) is 0 Å². The Morgan fingerprint density at radius 1 is 0.808 bits per heavy atom. The molecule has 3 aromatic carbocycles. The fourth-order valence-corrected chi connectivity index (χ4v) is 2.63. The predicted molar refractivity (Wildman–Crippen MR) is 86.1 cm³/mol. The van der Waals surface area contributed by atoms with Gasteiger partial charge in [-0.25, -0.2) is 22.0 Å². The second-order valence-electron chi connectivity index (χ2n) is 5.75. The van der Waals surface area contributed by atoms with Crippen LogP contribution in [0.3, 0.4) is 0 Å². The van der Waals surface area contributed by atoms with Crippen LogP contribution in [0.25, 0.3) is 10.8 Å². The molecule has 0 aliphatic heterocycles. The molecule has 7 heteroatoms. The lowest BCUT2D eigenvalue weighted by atomic mass is 10.0. The summed E-state index contributed by atoms with van der Waals surface area (Å²) in [5, 5.41) is 4.09. The van der Waals surface area contributed by atoms with Gasteiger partial charge in [0.05, 0.1) is 6.04 Å². The van der Waals surface area contributed by atoms with E-state index in [1.165, 1.54) is 6.92 Å². The third-order valence-electron chi connectivity index (χ3n) is 4.06. The van der Waals surface area contributed by atoms with E-state index in [4.69, 9.17) is 0 Å². The Labute approximate surface area is 145 Å². The molecule has 0 bridgehead atoms. The van der Waals surface area contributed by atoms with E-state index in [-0.39, 0.29) is 0 Å². The van der Waals surface area contributed by atoms with Crippen LogP contribution in [0.15, 0.2) is 42.5 Å². The van der Waals surface area contributed by atoms with Crippen LogP contribution >= 0.6 is 0 Å². The van der Waals surface area contributed by atoms with Crippen molar-refractivity contribution in [3.05, 3.63) is 82.7 Å². The molecule has 1 N–H and O–H groups in total. The average molecular weight is 365 g/mol. The van der Waals surface area contributed by atoms with Crippen molar-refractivity contribution < 1.29 is 26.7 Å². The minimum atomic E-state index is -2.31. The third-order valence-corrected chi connectivity index (χ3v) is 4.06. The summed E-state index contributed by atoms with van der Waals surface area (Å²) in [6, 6.07) is 12.0. The van der Waals surface area contributed by atoms with Crippen LogP contribution in [0.5, 0.6) is 0 Å². The van der Waals surface area contributed by atoms with E-state index in [2.05, 4.69) is 5.32 Å². The smallest absolute Gasteiger partial charge is 0.257 e. The number of fused-ring (bicyclic) bond motifs is 1. The zero-order valence-corrected chi connectivity index (χ0v) is 13.4. The van der Waals surface area contributed by atoms with Crippen LogP contribution in [-0.2, 0) is 0 Å². The zero-order chi connectivity index (χ0) is 19.0. The molecule has 26 heavy (non-hydrogen) atoms. The first kappa shape index (κ1) is 17.8. The molecule has 1 amide bonds. The number of nitrogens with one attached hydrogen (secondary N) is 1. The summed E-state index contributed by atoms with van der Waals surface area (Å²) in [7, 11) is 0. The fraction of sp³-hybridized carbons (Fsp3) is 0.105. The molecule has 1 unspecified atom stereocenters. The number of amides is 1. The normalized spacial score (nSPS) is 12.2. The molecule has 134 valence electrons. The minimum Gasteiger partial charge on any atom is -0.345 e. The average Bonchev–Trinajstić information content (AvgIpc) is 2.64. The summed E-state index contributed by atoms with van der Waals surface area (Å²) >= 11 is 0. The van der Waals surface area contributed by atoms with Crippen molar-refractivity contribution in [3.8, 4) is 0 Å². The number of carbonyl (C=O) groups excluding carboxylic acids is 1. The van der Waals surface area contributed by atoms with E-state index in [9.17, 15) is 26.7 Å². The van der Waals surface area contributed by atoms with Crippen molar-refractivity contribution in [2.24, 2.45) is 0 Å². The first-order valence-electron chi connectivity index (χ1n) is 7.62. The van der Waals surface area contributed by atoms with Crippen LogP contribution in [0.4, 0.5) is 22.0 Å². The molecule has 0 fully saturated rings. The molecule has 2 nitrogen and oxygen atoms in total. The highest BCUT2D eigenvalue weighted by Crippen LogP contribution is 2.25. The number of hydrogen-bond donors (Lipinski definition) is 1. The van der Waals surface area contributed by atoms with Crippen LogP contribution in [0, 0.1) is 29.1 Å². The van der Waals surface area contributed by atoms with Crippen molar-refractivity contribution >= 4 is 16.7 Å². The number of halogens is 5. The Bertz CT molecular complexity index is 989. The molecule has 3 rings (SSSR count). The summed E-state index contributed by atoms with van der Waals surface area (Å²) in [5.74, 6) is -12.3. The van der Waals surface area contributed by atoms with Crippen LogP contribution in [0.1, 0.15) is 28.9 Å². The number of benzene rings is 3. The standard InChI is InChI=1S/C19H12F5NO/c1-9(11-7-6-10-4-2-3-5-12(10)8-11)25-19(26)13-14(20)16(22)18(24)17(23)15(13)21/h2-9H,1H3,(H,25,26). The van der Waals surface area contributed by atoms with E-state index < -0.39 is 46.6 Å². The Morgan fingerprint density at radius 2 is 1.35 bits per heavy atom. The summed E-state index contributed by atoms with van der Waals surface area (Å²) in [5.41, 5.74) is -0.894. The molecular weight excluding hydrogens is 353 g/mol. The van der Waals surface area contributed by atoms with Gasteiger partial charge in [0, 0.05) is 0 Å². The third kappa shape index (κ3) is 3.00. The van der Waals surface area contributed by atoms with Gasteiger partial charge in [-0.05, 0) is 29.3 Å². The van der Waals surface area contributed by atoms with Crippen LogP contribution in [0.2, 0.25) is 0 Å². The van der Waals surface area contributed by atoms with E-state index in [0.717, 1.165) is 10.8 Å². The summed E-state index contributed by atoms with van der Waals surface area (Å²) < 4.78 is 67.1. The quantitative estimate of drug-likeness (QED) is 0.394. The van der Waals surface area contributed by atoms with Gasteiger partial charge in [-0.3, -0.25) is 4.79 Å². The predicted octanol–water partition coefficient (Wildman–Crippen LogP) is 5.03. The van der Waals surface area contributed by atoms with Crippen LogP contribution < -0.4 is 5.32 Å². The van der Waals surface area contributed by atoms with Gasteiger partial charge >= 0.3 is 0 Å². The number of carbonyl (C=O) groups is 1. The molecule has 0 radical (unpaired) electrons. The molecule has 0 saturated heterocycles. The highest BCUT2D eigenvalue weighted by Gasteiger charge is 2.30. The molecule has 0 spiro atoms. The van der Waals surface area contributed by atoms with Crippen molar-refractivity contribution in [1.82, 2.24) is 5.32 Å². The van der Waals surface area contributed by atoms with Crippen molar-refractivity contribution in [2.75, 3.05) is 0 Å². The topological polar surface area (TPSA) is 29.1 Å². The minimum absolute atomic E-state index is 0.612. The van der Waals surface area contributed by atoms with E-state index in [1.807, 2.05) is 24.3 Å². The maximum atomic E-state index is 13.7. The highest BCUT2D eigenvalue weighted by atomic mass is 19.2. The molecule has 0 aliphatic rings. The van der Waals surface area contributed by atoms with Crippen molar-refractivity contribution in [2.45, 2.75) is 13.0 Å². The molecular formula is C19H12F5NO. The molecule has 0 saturated carbocycles. The van der Waals surface area contributed by atoms with Gasteiger partial charge in [0.2, 0.25) is 5.82 Å². The van der Waals surface area contributed by atoms with Crippen molar-refractivity contribution in [3.63, 3.8) is 0 Å². The van der Waals surface area contributed by atoms with E-state index in [1.54, 1.807) is 18.2 Å². The second kappa shape index (κ2) is 6.74. The summed E-state index contributed by atoms with van der Waals surface area (Å²) in [6.45, 7) is 1.54. The number of rotatable bonds is 3. The first-order chi connectivity index (χ1) is 12.3. The molecule has 0 heterocycles. The SMILES string of the molecule is CC(NC(=O)c1c(F)c(F)c(F)c(F)c1F)c1ccc2ccccc2c1. The fourth-order valence-electron chi connectivity index (χ4n) is 2.63. The molecule has 0 aliphatic carbocycles. The molecule has 3 aromatic rings. The van der Waals surface area contributed by atoms with Crippen LogP contribution in [-0.4, -0.2) is 5.91 Å². The Morgan fingerprint density at radius 3 is 1.96 bits per heavy atom. The number of hydrogen-bond acceptors (Lipinski definition) is 1. The Hall–Kier alpha value is -2.96. The van der Waals surface area contributed by atoms with Gasteiger partial charge in [-0.2, -0.15) is 0 Å². The maximum absolute atomic E-state index is 13.7. The van der Waals surface area contributed by atoms with Gasteiger partial charge in [0.1, 0.15) is 5.56 Å². The van der Waals surface area contributed by atoms with E-state index >= 15 is 0 Å². The zero-order valence-electron chi connectivity index (χ0n) is 13.4. The van der Waals surface area contributed by atoms with E-state index in [0.29, 0.717) is 5.56 Å². The molecule has 0 aromatic heterocycles. The highest BCUT2D eigenvalue weighted by molar-refractivity contribution is 5.95. The summed E-state index contributed by atoms with van der Waals surface area (Å²) in [4.78, 5) is 12.1. The maximum Gasteiger partial charge on any atom is 0.257 e.